The predicted molar refractivity (Wildman–Crippen MR) is 385 cm³/mol. The number of nitrogens with one attached hydrogen (secondary N) is 14. The van der Waals surface area contributed by atoms with Gasteiger partial charge in [0.15, 0.2) is 0 Å². The molecule has 4 aliphatic heterocycles. The van der Waals surface area contributed by atoms with E-state index in [1.54, 1.807) is 6.92 Å². The van der Waals surface area contributed by atoms with Gasteiger partial charge in [-0.25, -0.2) is 4.98 Å². The molecule has 1 aromatic heterocycles. The Balaban J connectivity index is 1.63. The topological polar surface area (TPSA) is 712 Å². The molecule has 0 saturated carbocycles. The van der Waals surface area contributed by atoms with Crippen LogP contribution >= 0.6 is 43.2 Å². The van der Waals surface area contributed by atoms with E-state index in [-0.39, 0.29) is 51.6 Å². The second kappa shape index (κ2) is 43.4. The van der Waals surface area contributed by atoms with Gasteiger partial charge in [0.1, 0.15) is 90.6 Å². The predicted octanol–water partition coefficient (Wildman–Crippen LogP) is -12.3. The average Bonchev–Trinajstić information content (AvgIpc) is 1.63. The van der Waals surface area contributed by atoms with Crippen LogP contribution in [0, 0.1) is 5.92 Å². The molecule has 5 rings (SSSR count). The number of nitrogens with two attached hydrogens (primary N) is 6. The molecule has 4 fully saturated rings. The van der Waals surface area contributed by atoms with E-state index in [1.165, 1.54) is 26.4 Å². The van der Waals surface area contributed by atoms with E-state index in [2.05, 4.69) is 79.1 Å². The van der Waals surface area contributed by atoms with Crippen molar-refractivity contribution < 1.29 is 101 Å². The molecule has 598 valence electrons. The lowest BCUT2D eigenvalue weighted by Gasteiger charge is -2.31. The number of aliphatic hydroxyl groups excluding tert-OH is 1. The van der Waals surface area contributed by atoms with Crippen molar-refractivity contribution in [1.82, 2.24) is 88.9 Å². The first kappa shape index (κ1) is 89.0. The number of fused-ring (bicyclic) bond motifs is 10. The molecule has 48 heteroatoms. The van der Waals surface area contributed by atoms with Gasteiger partial charge < -0.3 is 129 Å². The molecular formula is C60H93N23O21S4. The van der Waals surface area contributed by atoms with Crippen molar-refractivity contribution in [1.29, 1.82) is 0 Å². The lowest BCUT2D eigenvalue weighted by molar-refractivity contribution is -0.145. The van der Waals surface area contributed by atoms with E-state index < -0.39 is 277 Å². The summed E-state index contributed by atoms with van der Waals surface area (Å²) in [7, 11) is 3.13. The van der Waals surface area contributed by atoms with Crippen LogP contribution in [0.25, 0.3) is 0 Å². The van der Waals surface area contributed by atoms with Crippen LogP contribution in [-0.4, -0.2) is 295 Å². The fourth-order valence-corrected chi connectivity index (χ4v) is 15.9. The minimum absolute atomic E-state index is 0.0431. The van der Waals surface area contributed by atoms with Gasteiger partial charge in [0.05, 0.1) is 38.7 Å². The molecule has 2 unspecified atom stereocenters. The second-order valence-electron chi connectivity index (χ2n) is 25.3. The standard InChI is InChI=1S/C60H93N23O21S4/c1-4-25(2)45-58(102)78-35(46(66)90)20-105-107-23-38-54(98)76-33(16-62)51(95)73-30(11-27-18-67-24-68-27)59(103)82-9-5-7-39(82)56(100)69-26(3)47(91)79-37(22-108-106-21-36(53(97)80-38)70-43(87)17-63)55(99)77-34(19-84)52(96)75-32(15-61)50(94)71-28(12-41(64)85)48(92)74-31(13-42(65)86)60(104)83-10-6-8-40(83)57(101)72-29(14-44(88)89)49(93)81-45/h18,24-26,28-40,45,84H,4-17,19-23,61-63H2,1-3H3,(H2,64,85)(H2,65,86)(H2,66,90)(H,67,68)(H,69,100)(H,70,87)(H,71,94)(H,72,101)(H,73,95)(H,74,92)(H,75,96)(H,76,98)(H,77,99)(H,78,102)(H,79,91)(H,80,97)(H,81,93)(H,88,89)/t25-,26-,28-,29-,30-,31-,32?,33?,34-,35-,36-,37-,38-,39-,40-,45-/m0/s1. The molecule has 16 atom stereocenters. The number of carboxylic acid groups (broad SMARTS) is 1. The van der Waals surface area contributed by atoms with Crippen molar-refractivity contribution in [2.45, 2.75) is 169 Å². The maximum Gasteiger partial charge on any atom is 0.305 e. The number of amides is 18. The molecule has 18 amide bonds. The van der Waals surface area contributed by atoms with Crippen LogP contribution in [0.4, 0.5) is 0 Å². The number of H-pyrrole nitrogens is 1. The highest BCUT2D eigenvalue weighted by Gasteiger charge is 2.44. The number of aromatic nitrogens is 2. The molecule has 0 radical (unpaired) electrons. The first-order chi connectivity index (χ1) is 51.1. The molecule has 108 heavy (non-hydrogen) atoms. The maximum absolute atomic E-state index is 14.7. The lowest BCUT2D eigenvalue weighted by atomic mass is 9.97. The molecule has 0 spiro atoms. The molecule has 4 saturated heterocycles. The smallest absolute Gasteiger partial charge is 0.305 e. The van der Waals surface area contributed by atoms with Crippen molar-refractivity contribution in [3.05, 3.63) is 18.2 Å². The quantitative estimate of drug-likeness (QED) is 0.0684. The van der Waals surface area contributed by atoms with Gasteiger partial charge in [0.2, 0.25) is 106 Å². The molecule has 1 aromatic rings. The van der Waals surface area contributed by atoms with Crippen molar-refractivity contribution in [2.75, 3.05) is 62.3 Å². The molecule has 28 N–H and O–H groups in total. The summed E-state index contributed by atoms with van der Waals surface area (Å²) in [5.74, 6) is -24.6. The summed E-state index contributed by atoms with van der Waals surface area (Å²) in [6.45, 7) is 0.663. The van der Waals surface area contributed by atoms with Gasteiger partial charge in [-0.3, -0.25) is 91.1 Å². The minimum atomic E-state index is -2.05. The normalized spacial score (nSPS) is 28.7. The molecule has 0 aliphatic carbocycles. The number of nitrogens with zero attached hydrogens (tertiary/aromatic N) is 3. The van der Waals surface area contributed by atoms with Crippen LogP contribution in [0.3, 0.4) is 0 Å². The Morgan fingerprint density at radius 1 is 0.537 bits per heavy atom. The Morgan fingerprint density at radius 2 is 0.991 bits per heavy atom. The molecule has 4 aliphatic rings. The molecule has 0 aromatic carbocycles. The van der Waals surface area contributed by atoms with Crippen molar-refractivity contribution in [3.63, 3.8) is 0 Å². The fraction of sp³-hybridized carbons (Fsp3) is 0.633. The summed E-state index contributed by atoms with van der Waals surface area (Å²) in [5, 5.41) is 51.4. The van der Waals surface area contributed by atoms with Crippen LogP contribution in [-0.2, 0) is 97.5 Å². The van der Waals surface area contributed by atoms with Crippen LogP contribution in [0.2, 0.25) is 0 Å². The number of rotatable bonds is 16. The number of carbonyl (C=O) groups is 19. The third-order valence-electron chi connectivity index (χ3n) is 17.3. The largest absolute Gasteiger partial charge is 0.481 e. The number of carboxylic acids is 1. The summed E-state index contributed by atoms with van der Waals surface area (Å²) < 4.78 is 0. The second-order valence-corrected chi connectivity index (χ2v) is 30.4. The molecular weight excluding hydrogens is 1510 g/mol. The van der Waals surface area contributed by atoms with Gasteiger partial charge in [-0.05, 0) is 38.5 Å². The van der Waals surface area contributed by atoms with Crippen LogP contribution < -0.4 is 104 Å². The van der Waals surface area contributed by atoms with E-state index in [9.17, 15) is 101 Å². The summed E-state index contributed by atoms with van der Waals surface area (Å²) in [5.41, 5.74) is 34.7. The van der Waals surface area contributed by atoms with E-state index in [0.717, 1.165) is 53.0 Å². The van der Waals surface area contributed by atoms with Crippen molar-refractivity contribution in [2.24, 2.45) is 40.3 Å². The molecule has 2 bridgehead atoms. The van der Waals surface area contributed by atoms with E-state index in [0.29, 0.717) is 5.69 Å². The summed E-state index contributed by atoms with van der Waals surface area (Å²) in [6, 6.07) is -25.8. The van der Waals surface area contributed by atoms with E-state index >= 15 is 0 Å². The highest BCUT2D eigenvalue weighted by Crippen LogP contribution is 2.27. The fourth-order valence-electron chi connectivity index (χ4n) is 11.2. The summed E-state index contributed by atoms with van der Waals surface area (Å²) >= 11 is 0. The van der Waals surface area contributed by atoms with Crippen LogP contribution in [0.1, 0.15) is 77.8 Å². The Hall–Kier alpha value is -9.62. The van der Waals surface area contributed by atoms with E-state index in [4.69, 9.17) is 34.4 Å². The average molecular weight is 1600 g/mol. The van der Waals surface area contributed by atoms with Crippen molar-refractivity contribution in [3.8, 4) is 0 Å². The van der Waals surface area contributed by atoms with Crippen molar-refractivity contribution >= 4 is 155 Å². The SMILES string of the molecule is CC[C@H](C)[C@@H]1NC(=O)[C@H](CC(=O)O)NC(=O)[C@@H]2CCCN2C(=O)[C@H](CC(N)=O)NC(=O)[C@H](CC(N)=O)NC(=O)C(CN)NC(=O)[C@H](CO)NC(=O)[C@@H]2CSSC[C@H](NC(=O)CN)C(=O)N[C@@H](CSSC[C@@H](C(N)=O)NC1=O)C(=O)NC(CN)C(=O)N[C@@H](Cc1cnc[nH]1)C(=O)N1CCC[C@H]1C(=O)N[C@@H](C)C(=O)N2. The van der Waals surface area contributed by atoms with Crippen LogP contribution in [0.5, 0.6) is 0 Å². The monoisotopic (exact) mass is 1600 g/mol. The molecule has 44 nitrogen and oxygen atoms in total. The van der Waals surface area contributed by atoms with Gasteiger partial charge in [0, 0.05) is 67.5 Å². The molecule has 5 heterocycles. The van der Waals surface area contributed by atoms with Gasteiger partial charge in [-0.1, -0.05) is 63.4 Å². The number of aliphatic hydroxyl groups is 1. The third kappa shape index (κ3) is 26.7. The number of aliphatic carboxylic acids is 1. The highest BCUT2D eigenvalue weighted by molar-refractivity contribution is 8.77. The Kier molecular flexibility index (Phi) is 35.8. The number of aromatic amines is 1. The summed E-state index contributed by atoms with van der Waals surface area (Å²) in [6.07, 6.45) is -0.444. The van der Waals surface area contributed by atoms with Crippen LogP contribution in [0.15, 0.2) is 12.5 Å². The maximum atomic E-state index is 14.7. The number of imidazole rings is 1. The number of primary amides is 3. The van der Waals surface area contributed by atoms with Gasteiger partial charge in [-0.2, -0.15) is 0 Å². The zero-order chi connectivity index (χ0) is 80.2. The number of hydrogen-bond acceptors (Lipinski definition) is 28. The number of carbonyl (C=O) groups excluding carboxylic acids is 18. The summed E-state index contributed by atoms with van der Waals surface area (Å²) in [4.78, 5) is 272. The van der Waals surface area contributed by atoms with Gasteiger partial charge >= 0.3 is 5.97 Å². The Labute approximate surface area is 632 Å². The van der Waals surface area contributed by atoms with Gasteiger partial charge in [0.25, 0.3) is 0 Å². The first-order valence-electron chi connectivity index (χ1n) is 33.9. The zero-order valence-corrected chi connectivity index (χ0v) is 62.2. The lowest BCUT2D eigenvalue weighted by Crippen LogP contribution is -2.62. The first-order valence-corrected chi connectivity index (χ1v) is 38.9. The van der Waals surface area contributed by atoms with Gasteiger partial charge in [-0.15, -0.1) is 0 Å². The minimum Gasteiger partial charge on any atom is -0.481 e. The number of hydrogen-bond donors (Lipinski definition) is 22. The Bertz CT molecular complexity index is 3500. The van der Waals surface area contributed by atoms with E-state index in [1.807, 2.05) is 0 Å². The zero-order valence-electron chi connectivity index (χ0n) is 58.9. The Morgan fingerprint density at radius 3 is 1.51 bits per heavy atom. The highest BCUT2D eigenvalue weighted by atomic mass is 33.1. The third-order valence-corrected chi connectivity index (χ3v) is 22.2.